The third-order valence-electron chi connectivity index (χ3n) is 2.73. The van der Waals surface area contributed by atoms with Crippen LogP contribution in [-0.2, 0) is 0 Å². The molecule has 2 atom stereocenters. The first kappa shape index (κ1) is 9.50. The van der Waals surface area contributed by atoms with Gasteiger partial charge in [0, 0.05) is 5.71 Å². The van der Waals surface area contributed by atoms with Crippen molar-refractivity contribution in [2.45, 2.75) is 45.6 Å². The Morgan fingerprint density at radius 2 is 2.08 bits per heavy atom. The van der Waals surface area contributed by atoms with Crippen molar-refractivity contribution in [2.75, 3.05) is 0 Å². The third-order valence-corrected chi connectivity index (χ3v) is 2.73. The molecular formula is C11H19N. The van der Waals surface area contributed by atoms with Crippen molar-refractivity contribution in [2.24, 2.45) is 10.9 Å². The first-order valence-corrected chi connectivity index (χ1v) is 4.91. The minimum atomic E-state index is 0.566. The van der Waals surface area contributed by atoms with Gasteiger partial charge in [-0.25, -0.2) is 0 Å². The van der Waals surface area contributed by atoms with Gasteiger partial charge in [-0.15, -0.1) is 0 Å². The van der Waals surface area contributed by atoms with Crippen LogP contribution in [0.4, 0.5) is 0 Å². The largest absolute Gasteiger partial charge is 0.286 e. The molecule has 0 N–H and O–H groups in total. The van der Waals surface area contributed by atoms with Crippen molar-refractivity contribution in [3.63, 3.8) is 0 Å². The summed E-state index contributed by atoms with van der Waals surface area (Å²) in [6.45, 7) is 8.07. The fraction of sp³-hybridized carbons (Fsp3) is 0.727. The lowest BCUT2D eigenvalue weighted by molar-refractivity contribution is 0.333. The van der Waals surface area contributed by atoms with Gasteiger partial charge in [0.25, 0.3) is 0 Å². The van der Waals surface area contributed by atoms with E-state index in [0.29, 0.717) is 6.04 Å². The summed E-state index contributed by atoms with van der Waals surface area (Å²) in [5.41, 5.74) is 1.09. The van der Waals surface area contributed by atoms with Crippen molar-refractivity contribution in [3.05, 3.63) is 12.7 Å². The second-order valence-electron chi connectivity index (χ2n) is 3.80. The predicted octanol–water partition coefficient (Wildman–Crippen LogP) is 3.21. The minimum absolute atomic E-state index is 0.566. The normalized spacial score (nSPS) is 31.7. The molecule has 0 amide bonds. The molecule has 68 valence electrons. The number of hydrogen-bond acceptors (Lipinski definition) is 1. The summed E-state index contributed by atoms with van der Waals surface area (Å²) in [6, 6.07) is 0.566. The Bertz CT molecular complexity index is 181. The molecule has 1 nitrogen and oxygen atoms in total. The van der Waals surface area contributed by atoms with Gasteiger partial charge in [0.15, 0.2) is 0 Å². The Labute approximate surface area is 75.6 Å². The van der Waals surface area contributed by atoms with Gasteiger partial charge in [0.05, 0.1) is 6.04 Å². The van der Waals surface area contributed by atoms with Gasteiger partial charge in [-0.05, 0) is 31.8 Å². The molecule has 0 spiro atoms. The lowest BCUT2D eigenvalue weighted by Crippen LogP contribution is -2.21. The average molecular weight is 165 g/mol. The summed E-state index contributed by atoms with van der Waals surface area (Å²) < 4.78 is 0. The van der Waals surface area contributed by atoms with Gasteiger partial charge in [-0.3, -0.25) is 4.99 Å². The molecule has 1 rings (SSSR count). The van der Waals surface area contributed by atoms with Crippen molar-refractivity contribution in [1.29, 1.82) is 0 Å². The Balaban J connectivity index is 2.54. The van der Waals surface area contributed by atoms with Crippen LogP contribution in [-0.4, -0.2) is 11.8 Å². The fourth-order valence-corrected chi connectivity index (χ4v) is 1.80. The topological polar surface area (TPSA) is 12.4 Å². The smallest absolute Gasteiger partial charge is 0.0528 e. The van der Waals surface area contributed by atoms with Crippen molar-refractivity contribution in [1.82, 2.24) is 0 Å². The molecule has 0 bridgehead atoms. The quantitative estimate of drug-likeness (QED) is 0.557. The molecular weight excluding hydrogens is 146 g/mol. The molecule has 2 unspecified atom stereocenters. The molecule has 0 radical (unpaired) electrons. The SMILES string of the molecule is C=CC(C)=NC1CCCCC1C. The highest BCUT2D eigenvalue weighted by atomic mass is 14.8. The van der Waals surface area contributed by atoms with E-state index in [0.717, 1.165) is 11.6 Å². The average Bonchev–Trinajstić information content (AvgIpc) is 2.09. The molecule has 1 saturated carbocycles. The van der Waals surface area contributed by atoms with E-state index in [1.165, 1.54) is 25.7 Å². The Hall–Kier alpha value is -0.590. The summed E-state index contributed by atoms with van der Waals surface area (Å²) in [6.07, 6.45) is 7.20. The predicted molar refractivity (Wildman–Crippen MR) is 54.7 cm³/mol. The fourth-order valence-electron chi connectivity index (χ4n) is 1.80. The van der Waals surface area contributed by atoms with E-state index >= 15 is 0 Å². The molecule has 0 aliphatic heterocycles. The monoisotopic (exact) mass is 165 g/mol. The van der Waals surface area contributed by atoms with E-state index in [2.05, 4.69) is 18.5 Å². The van der Waals surface area contributed by atoms with Crippen LogP contribution in [0.25, 0.3) is 0 Å². The second-order valence-corrected chi connectivity index (χ2v) is 3.80. The van der Waals surface area contributed by atoms with Crippen molar-refractivity contribution < 1.29 is 0 Å². The van der Waals surface area contributed by atoms with E-state index < -0.39 is 0 Å². The van der Waals surface area contributed by atoms with Gasteiger partial charge in [-0.1, -0.05) is 26.3 Å². The van der Waals surface area contributed by atoms with E-state index in [4.69, 9.17) is 0 Å². The van der Waals surface area contributed by atoms with Gasteiger partial charge in [-0.2, -0.15) is 0 Å². The Morgan fingerprint density at radius 1 is 1.42 bits per heavy atom. The maximum absolute atomic E-state index is 4.63. The lowest BCUT2D eigenvalue weighted by atomic mass is 9.86. The van der Waals surface area contributed by atoms with E-state index in [9.17, 15) is 0 Å². The van der Waals surface area contributed by atoms with Gasteiger partial charge in [0.1, 0.15) is 0 Å². The highest BCUT2D eigenvalue weighted by Gasteiger charge is 2.19. The van der Waals surface area contributed by atoms with Crippen LogP contribution in [0.3, 0.4) is 0 Å². The summed E-state index contributed by atoms with van der Waals surface area (Å²) in [5, 5.41) is 0. The molecule has 1 heteroatoms. The first-order chi connectivity index (χ1) is 5.74. The van der Waals surface area contributed by atoms with E-state index in [1.807, 2.05) is 13.0 Å². The lowest BCUT2D eigenvalue weighted by Gasteiger charge is -2.25. The summed E-state index contributed by atoms with van der Waals surface area (Å²) in [7, 11) is 0. The number of rotatable bonds is 2. The molecule has 1 aliphatic carbocycles. The molecule has 0 aromatic heterocycles. The number of aliphatic imine (C=N–C) groups is 1. The zero-order chi connectivity index (χ0) is 8.97. The summed E-state index contributed by atoms with van der Waals surface area (Å²) >= 11 is 0. The maximum Gasteiger partial charge on any atom is 0.0528 e. The number of allylic oxidation sites excluding steroid dienone is 1. The van der Waals surface area contributed by atoms with Crippen LogP contribution in [0.1, 0.15) is 39.5 Å². The molecule has 1 aliphatic rings. The van der Waals surface area contributed by atoms with Crippen LogP contribution in [0, 0.1) is 5.92 Å². The molecule has 0 saturated heterocycles. The number of nitrogens with zero attached hydrogens (tertiary/aromatic N) is 1. The summed E-state index contributed by atoms with van der Waals surface area (Å²) in [4.78, 5) is 4.63. The van der Waals surface area contributed by atoms with Gasteiger partial charge >= 0.3 is 0 Å². The van der Waals surface area contributed by atoms with Crippen molar-refractivity contribution in [3.8, 4) is 0 Å². The van der Waals surface area contributed by atoms with Crippen LogP contribution >= 0.6 is 0 Å². The maximum atomic E-state index is 4.63. The highest BCUT2D eigenvalue weighted by molar-refractivity contribution is 5.92. The molecule has 0 aromatic rings. The standard InChI is InChI=1S/C11H19N/c1-4-10(3)12-11-8-6-5-7-9(11)2/h4,9,11H,1,5-8H2,2-3H3. The van der Waals surface area contributed by atoms with E-state index in [-0.39, 0.29) is 0 Å². The first-order valence-electron chi connectivity index (χ1n) is 4.91. The molecule has 12 heavy (non-hydrogen) atoms. The molecule has 0 aromatic carbocycles. The Morgan fingerprint density at radius 3 is 2.67 bits per heavy atom. The molecule has 0 heterocycles. The zero-order valence-corrected chi connectivity index (χ0v) is 8.21. The van der Waals surface area contributed by atoms with Crippen LogP contribution in [0.5, 0.6) is 0 Å². The summed E-state index contributed by atoms with van der Waals surface area (Å²) in [5.74, 6) is 0.772. The second kappa shape index (κ2) is 4.44. The van der Waals surface area contributed by atoms with E-state index in [1.54, 1.807) is 0 Å². The van der Waals surface area contributed by atoms with Crippen LogP contribution < -0.4 is 0 Å². The number of hydrogen-bond donors (Lipinski definition) is 0. The minimum Gasteiger partial charge on any atom is -0.286 e. The molecule has 1 fully saturated rings. The van der Waals surface area contributed by atoms with Crippen LogP contribution in [0.15, 0.2) is 17.6 Å². The van der Waals surface area contributed by atoms with Crippen LogP contribution in [0.2, 0.25) is 0 Å². The third kappa shape index (κ3) is 2.47. The van der Waals surface area contributed by atoms with Gasteiger partial charge < -0.3 is 0 Å². The highest BCUT2D eigenvalue weighted by Crippen LogP contribution is 2.26. The zero-order valence-electron chi connectivity index (χ0n) is 8.21. The van der Waals surface area contributed by atoms with Gasteiger partial charge in [0.2, 0.25) is 0 Å². The Kier molecular flexibility index (Phi) is 3.51. The van der Waals surface area contributed by atoms with Crippen molar-refractivity contribution >= 4 is 5.71 Å².